The average Bonchev–Trinajstić information content (AvgIpc) is 1.35. The predicted octanol–water partition coefficient (Wildman–Crippen LogP) is -3.73. The molecular formula is C3H11KOSi2. The summed E-state index contributed by atoms with van der Waals surface area (Å²) < 4.78 is 0. The van der Waals surface area contributed by atoms with Crippen molar-refractivity contribution in [2.75, 3.05) is 0 Å². The molecule has 1 nitrogen and oxygen atoms in total. The van der Waals surface area contributed by atoms with Gasteiger partial charge in [-0.05, 0) is 0 Å². The minimum Gasteiger partial charge on any atom is -0.865 e. The van der Waals surface area contributed by atoms with Crippen LogP contribution in [0.2, 0.25) is 19.6 Å². The molecule has 0 amide bonds. The van der Waals surface area contributed by atoms with Crippen molar-refractivity contribution in [3.63, 3.8) is 0 Å². The van der Waals surface area contributed by atoms with Gasteiger partial charge in [0.2, 0.25) is 0 Å². The van der Waals surface area contributed by atoms with E-state index in [4.69, 9.17) is 0 Å². The third kappa shape index (κ3) is 11.5. The van der Waals surface area contributed by atoms with Gasteiger partial charge in [-0.15, -0.1) is 0 Å². The van der Waals surface area contributed by atoms with Crippen LogP contribution in [-0.2, 0) is 0 Å². The Morgan fingerprint density at radius 3 is 1.43 bits per heavy atom. The van der Waals surface area contributed by atoms with E-state index < -0.39 is 16.9 Å². The Kier molecular flexibility index (Phi) is 8.19. The Morgan fingerprint density at radius 2 is 1.43 bits per heavy atom. The van der Waals surface area contributed by atoms with Crippen molar-refractivity contribution >= 4 is 16.9 Å². The van der Waals surface area contributed by atoms with Crippen molar-refractivity contribution in [2.24, 2.45) is 0 Å². The first kappa shape index (κ1) is 11.8. The monoisotopic (exact) mass is 158 g/mol. The molecule has 0 aromatic carbocycles. The molecule has 4 heteroatoms. The zero-order valence-corrected chi connectivity index (χ0v) is 11.2. The van der Waals surface area contributed by atoms with Gasteiger partial charge in [0, 0.05) is 7.59 Å². The standard InChI is InChI=1S/C3H11OSi2.K/c1-6(2,3)5-4;/h5H2,1-3H3;/q-1;+1. The molecule has 0 saturated heterocycles. The summed E-state index contributed by atoms with van der Waals surface area (Å²) >= 11 is 0. The zero-order chi connectivity index (χ0) is 5.21. The summed E-state index contributed by atoms with van der Waals surface area (Å²) in [6.45, 7) is 6.39. The molecule has 0 radical (unpaired) electrons. The molecule has 38 valence electrons. The molecule has 7 heavy (non-hydrogen) atoms. The first-order chi connectivity index (χ1) is 2.56. The van der Waals surface area contributed by atoms with Gasteiger partial charge in [0.15, 0.2) is 0 Å². The van der Waals surface area contributed by atoms with Gasteiger partial charge in [-0.1, -0.05) is 28.9 Å². The summed E-state index contributed by atoms with van der Waals surface area (Å²) in [5.41, 5.74) is 0. The van der Waals surface area contributed by atoms with Gasteiger partial charge < -0.3 is 4.80 Å². The topological polar surface area (TPSA) is 23.1 Å². The number of hydrogen-bond donors (Lipinski definition) is 0. The Labute approximate surface area is 91.1 Å². The van der Waals surface area contributed by atoms with Gasteiger partial charge in [-0.25, -0.2) is 0 Å². The molecule has 0 N–H and O–H groups in total. The third-order valence-corrected chi connectivity index (χ3v) is 3.90. The summed E-state index contributed by atoms with van der Waals surface area (Å²) in [5, 5.41) is 0. The molecule has 0 aliphatic carbocycles. The summed E-state index contributed by atoms with van der Waals surface area (Å²) in [6, 6.07) is 0. The maximum atomic E-state index is 10.2. The van der Waals surface area contributed by atoms with Crippen LogP contribution in [0.4, 0.5) is 0 Å². The Hall–Kier alpha value is 2.03. The Bertz CT molecular complexity index is 42.7. The fourth-order valence-electron chi connectivity index (χ4n) is 0. The number of rotatable bonds is 1. The smallest absolute Gasteiger partial charge is 0.865 e. The largest absolute Gasteiger partial charge is 1.00 e. The maximum absolute atomic E-state index is 10.2. The molecule has 0 aliphatic heterocycles. The molecule has 0 aromatic heterocycles. The van der Waals surface area contributed by atoms with Gasteiger partial charge in [-0.3, -0.25) is 0 Å². The van der Waals surface area contributed by atoms with Crippen molar-refractivity contribution in [1.82, 2.24) is 0 Å². The molecule has 0 fully saturated rings. The molecular weight excluding hydrogens is 147 g/mol. The van der Waals surface area contributed by atoms with E-state index in [-0.39, 0.29) is 51.4 Å². The average molecular weight is 158 g/mol. The van der Waals surface area contributed by atoms with E-state index in [0.29, 0.717) is 0 Å². The normalized spacial score (nSPS) is 12.0. The van der Waals surface area contributed by atoms with Gasteiger partial charge in [0.05, 0.1) is 0 Å². The first-order valence-corrected chi connectivity index (χ1v) is 8.55. The SMILES string of the molecule is C[Si](C)(C)[SiH2][O-].[K+]. The fraction of sp³-hybridized carbons (Fsp3) is 1.00. The molecule has 0 heterocycles. The second-order valence-electron chi connectivity index (χ2n) is 2.70. The van der Waals surface area contributed by atoms with E-state index in [1.165, 1.54) is 0 Å². The third-order valence-electron chi connectivity index (χ3n) is 0.433. The van der Waals surface area contributed by atoms with Crippen molar-refractivity contribution in [1.29, 1.82) is 0 Å². The second-order valence-corrected chi connectivity index (χ2v) is 15.3. The molecule has 0 unspecified atom stereocenters. The van der Waals surface area contributed by atoms with Gasteiger partial charge >= 0.3 is 51.4 Å². The van der Waals surface area contributed by atoms with Crippen molar-refractivity contribution < 1.29 is 56.2 Å². The van der Waals surface area contributed by atoms with E-state index in [2.05, 4.69) is 19.6 Å². The van der Waals surface area contributed by atoms with E-state index in [9.17, 15) is 4.80 Å². The van der Waals surface area contributed by atoms with Crippen LogP contribution in [0.1, 0.15) is 0 Å². The zero-order valence-electron chi connectivity index (χ0n) is 5.62. The van der Waals surface area contributed by atoms with Crippen LogP contribution < -0.4 is 56.2 Å². The van der Waals surface area contributed by atoms with Gasteiger partial charge in [-0.2, -0.15) is 0 Å². The van der Waals surface area contributed by atoms with Crippen LogP contribution in [-0.4, -0.2) is 16.9 Å². The van der Waals surface area contributed by atoms with E-state index in [1.54, 1.807) is 0 Å². The molecule has 0 atom stereocenters. The molecule has 0 spiro atoms. The Balaban J connectivity index is 0. The number of hydrogen-bond acceptors (Lipinski definition) is 1. The van der Waals surface area contributed by atoms with Crippen LogP contribution in [0.25, 0.3) is 0 Å². The van der Waals surface area contributed by atoms with Gasteiger partial charge in [0.1, 0.15) is 0 Å². The molecule has 0 aliphatic rings. The molecule has 0 aromatic rings. The molecule has 0 saturated carbocycles. The minimum atomic E-state index is -1.05. The quantitative estimate of drug-likeness (QED) is 0.360. The summed E-state index contributed by atoms with van der Waals surface area (Å²) in [7, 11) is -1.91. The molecule has 0 rings (SSSR count). The summed E-state index contributed by atoms with van der Waals surface area (Å²) in [4.78, 5) is 10.2. The first-order valence-electron chi connectivity index (χ1n) is 2.14. The van der Waals surface area contributed by atoms with Crippen molar-refractivity contribution in [3.05, 3.63) is 0 Å². The van der Waals surface area contributed by atoms with Crippen LogP contribution in [0.15, 0.2) is 0 Å². The van der Waals surface area contributed by atoms with Gasteiger partial charge in [0.25, 0.3) is 0 Å². The van der Waals surface area contributed by atoms with E-state index >= 15 is 0 Å². The summed E-state index contributed by atoms with van der Waals surface area (Å²) in [6.07, 6.45) is 0. The van der Waals surface area contributed by atoms with Crippen LogP contribution in [0, 0.1) is 0 Å². The summed E-state index contributed by atoms with van der Waals surface area (Å²) in [5.74, 6) is 0. The Morgan fingerprint density at radius 1 is 1.29 bits per heavy atom. The van der Waals surface area contributed by atoms with Crippen molar-refractivity contribution in [2.45, 2.75) is 19.6 Å². The minimum absolute atomic E-state index is 0. The maximum Gasteiger partial charge on any atom is 1.00 e. The van der Waals surface area contributed by atoms with Crippen LogP contribution in [0.5, 0.6) is 0 Å². The van der Waals surface area contributed by atoms with Crippen LogP contribution >= 0.6 is 0 Å². The predicted molar refractivity (Wildman–Crippen MR) is 31.9 cm³/mol. The van der Waals surface area contributed by atoms with Crippen molar-refractivity contribution in [3.8, 4) is 0 Å². The fourth-order valence-corrected chi connectivity index (χ4v) is 0. The van der Waals surface area contributed by atoms with Crippen LogP contribution in [0.3, 0.4) is 0 Å². The second kappa shape index (κ2) is 4.87. The molecule has 0 bridgehead atoms. The van der Waals surface area contributed by atoms with E-state index in [1.807, 2.05) is 0 Å². The van der Waals surface area contributed by atoms with E-state index in [0.717, 1.165) is 0 Å².